The van der Waals surface area contributed by atoms with E-state index in [9.17, 15) is 9.59 Å². The van der Waals surface area contributed by atoms with E-state index in [-0.39, 0.29) is 18.4 Å². The van der Waals surface area contributed by atoms with Gasteiger partial charge in [0.2, 0.25) is 5.91 Å². The minimum absolute atomic E-state index is 0.00698. The lowest BCUT2D eigenvalue weighted by atomic mass is 10.0. The summed E-state index contributed by atoms with van der Waals surface area (Å²) in [5.74, 6) is -0.387. The molecular formula is C14H21N3O2. The highest BCUT2D eigenvalue weighted by molar-refractivity contribution is 5.97. The number of likely N-dealkylation sites (N-methyl/N-ethyl adjacent to an activating group) is 2. The Hall–Kier alpha value is -1.88. The fourth-order valence-electron chi connectivity index (χ4n) is 1.73. The molecule has 0 saturated heterocycles. The maximum atomic E-state index is 12.0. The van der Waals surface area contributed by atoms with Crippen molar-refractivity contribution < 1.29 is 9.59 Å². The SMILES string of the molecule is CCNC(=O)CNC(=O)c1ccccc1CCNC. The summed E-state index contributed by atoms with van der Waals surface area (Å²) in [6, 6.07) is 7.44. The van der Waals surface area contributed by atoms with Gasteiger partial charge in [0.25, 0.3) is 5.91 Å². The van der Waals surface area contributed by atoms with Gasteiger partial charge in [-0.1, -0.05) is 18.2 Å². The molecule has 0 heterocycles. The van der Waals surface area contributed by atoms with Gasteiger partial charge in [-0.25, -0.2) is 0 Å². The van der Waals surface area contributed by atoms with Crippen LogP contribution in [-0.4, -0.2) is 38.5 Å². The summed E-state index contributed by atoms with van der Waals surface area (Å²) in [7, 11) is 1.87. The van der Waals surface area contributed by atoms with Gasteiger partial charge in [-0.15, -0.1) is 0 Å². The molecule has 0 atom stereocenters. The van der Waals surface area contributed by atoms with Gasteiger partial charge >= 0.3 is 0 Å². The molecule has 3 N–H and O–H groups in total. The molecule has 0 radical (unpaired) electrons. The third kappa shape index (κ3) is 5.09. The Balaban J connectivity index is 2.63. The monoisotopic (exact) mass is 263 g/mol. The van der Waals surface area contributed by atoms with Gasteiger partial charge in [0, 0.05) is 12.1 Å². The second-order valence-corrected chi connectivity index (χ2v) is 4.15. The average Bonchev–Trinajstić information content (AvgIpc) is 2.43. The number of hydrogen-bond acceptors (Lipinski definition) is 3. The minimum atomic E-state index is -0.210. The van der Waals surface area contributed by atoms with Crippen LogP contribution in [0.2, 0.25) is 0 Å². The molecule has 0 spiro atoms. The molecular weight excluding hydrogens is 242 g/mol. The zero-order chi connectivity index (χ0) is 14.1. The van der Waals surface area contributed by atoms with E-state index in [1.807, 2.05) is 32.2 Å². The zero-order valence-corrected chi connectivity index (χ0v) is 11.5. The van der Waals surface area contributed by atoms with Crippen molar-refractivity contribution in [2.24, 2.45) is 0 Å². The predicted octanol–water partition coefficient (Wildman–Crippen LogP) is 0.314. The fraction of sp³-hybridized carbons (Fsp3) is 0.429. The van der Waals surface area contributed by atoms with Gasteiger partial charge in [-0.3, -0.25) is 9.59 Å². The van der Waals surface area contributed by atoms with Gasteiger partial charge in [0.1, 0.15) is 0 Å². The smallest absolute Gasteiger partial charge is 0.251 e. The maximum Gasteiger partial charge on any atom is 0.251 e. The molecule has 0 bridgehead atoms. The van der Waals surface area contributed by atoms with Gasteiger partial charge in [0.05, 0.1) is 6.54 Å². The molecule has 5 heteroatoms. The Morgan fingerprint density at radius 1 is 1.16 bits per heavy atom. The van der Waals surface area contributed by atoms with Gasteiger partial charge < -0.3 is 16.0 Å². The van der Waals surface area contributed by atoms with E-state index in [0.717, 1.165) is 18.5 Å². The Morgan fingerprint density at radius 3 is 2.58 bits per heavy atom. The van der Waals surface area contributed by atoms with Crippen LogP contribution in [0.4, 0.5) is 0 Å². The Morgan fingerprint density at radius 2 is 1.89 bits per heavy atom. The van der Waals surface area contributed by atoms with E-state index in [4.69, 9.17) is 0 Å². The largest absolute Gasteiger partial charge is 0.355 e. The summed E-state index contributed by atoms with van der Waals surface area (Å²) < 4.78 is 0. The molecule has 2 amide bonds. The highest BCUT2D eigenvalue weighted by Crippen LogP contribution is 2.09. The summed E-state index contributed by atoms with van der Waals surface area (Å²) in [5.41, 5.74) is 1.60. The molecule has 0 fully saturated rings. The molecule has 19 heavy (non-hydrogen) atoms. The molecule has 0 aliphatic carbocycles. The van der Waals surface area contributed by atoms with E-state index in [1.54, 1.807) is 6.07 Å². The van der Waals surface area contributed by atoms with Crippen molar-refractivity contribution >= 4 is 11.8 Å². The first kappa shape index (κ1) is 15.2. The van der Waals surface area contributed by atoms with Crippen LogP contribution in [0.1, 0.15) is 22.8 Å². The van der Waals surface area contributed by atoms with Gasteiger partial charge in [-0.2, -0.15) is 0 Å². The van der Waals surface area contributed by atoms with E-state index >= 15 is 0 Å². The third-order valence-corrected chi connectivity index (χ3v) is 2.69. The number of benzene rings is 1. The van der Waals surface area contributed by atoms with Crippen LogP contribution in [0.3, 0.4) is 0 Å². The van der Waals surface area contributed by atoms with Crippen molar-refractivity contribution in [3.8, 4) is 0 Å². The van der Waals surface area contributed by atoms with Gasteiger partial charge in [0.15, 0.2) is 0 Å². The number of hydrogen-bond donors (Lipinski definition) is 3. The first-order valence-corrected chi connectivity index (χ1v) is 6.46. The Labute approximate surface area is 113 Å². The predicted molar refractivity (Wildman–Crippen MR) is 75.1 cm³/mol. The molecule has 1 aromatic rings. The fourth-order valence-corrected chi connectivity index (χ4v) is 1.73. The Kier molecular flexibility index (Phi) is 6.60. The van der Waals surface area contributed by atoms with Crippen molar-refractivity contribution in [2.75, 3.05) is 26.7 Å². The first-order valence-electron chi connectivity index (χ1n) is 6.46. The van der Waals surface area contributed by atoms with E-state index in [1.165, 1.54) is 0 Å². The van der Waals surface area contributed by atoms with Crippen LogP contribution in [0.15, 0.2) is 24.3 Å². The molecule has 0 unspecified atom stereocenters. The van der Waals surface area contributed by atoms with Crippen molar-refractivity contribution in [2.45, 2.75) is 13.3 Å². The quantitative estimate of drug-likeness (QED) is 0.663. The van der Waals surface area contributed by atoms with Crippen LogP contribution in [0.25, 0.3) is 0 Å². The molecule has 5 nitrogen and oxygen atoms in total. The summed E-state index contributed by atoms with van der Waals surface area (Å²) in [6.45, 7) is 3.22. The molecule has 1 rings (SSSR count). The molecule has 0 aromatic heterocycles. The van der Waals surface area contributed by atoms with Crippen LogP contribution in [0, 0.1) is 0 Å². The summed E-state index contributed by atoms with van der Waals surface area (Å²) in [4.78, 5) is 23.3. The number of rotatable bonds is 7. The second kappa shape index (κ2) is 8.26. The highest BCUT2D eigenvalue weighted by atomic mass is 16.2. The second-order valence-electron chi connectivity index (χ2n) is 4.15. The molecule has 0 aliphatic rings. The summed E-state index contributed by atoms with van der Waals surface area (Å²) >= 11 is 0. The number of nitrogens with one attached hydrogen (secondary N) is 3. The van der Waals surface area contributed by atoms with Gasteiger partial charge in [-0.05, 0) is 38.6 Å². The lowest BCUT2D eigenvalue weighted by Crippen LogP contribution is -2.37. The standard InChI is InChI=1S/C14H21N3O2/c1-3-16-13(18)10-17-14(19)12-7-5-4-6-11(12)8-9-15-2/h4-7,15H,3,8-10H2,1-2H3,(H,16,18)(H,17,19). The van der Waals surface area contributed by atoms with Crippen molar-refractivity contribution in [1.29, 1.82) is 0 Å². The first-order chi connectivity index (χ1) is 9.19. The third-order valence-electron chi connectivity index (χ3n) is 2.69. The van der Waals surface area contributed by atoms with Crippen LogP contribution >= 0.6 is 0 Å². The van der Waals surface area contributed by atoms with Crippen molar-refractivity contribution in [1.82, 2.24) is 16.0 Å². The number of carbonyl (C=O) groups is 2. The van der Waals surface area contributed by atoms with Crippen molar-refractivity contribution in [3.63, 3.8) is 0 Å². The van der Waals surface area contributed by atoms with E-state index in [0.29, 0.717) is 12.1 Å². The maximum absolute atomic E-state index is 12.0. The lowest BCUT2D eigenvalue weighted by Gasteiger charge is -2.10. The topological polar surface area (TPSA) is 70.2 Å². The van der Waals surface area contributed by atoms with Crippen LogP contribution in [-0.2, 0) is 11.2 Å². The van der Waals surface area contributed by atoms with Crippen LogP contribution < -0.4 is 16.0 Å². The number of amides is 2. The molecule has 104 valence electrons. The molecule has 0 saturated carbocycles. The van der Waals surface area contributed by atoms with Crippen molar-refractivity contribution in [3.05, 3.63) is 35.4 Å². The van der Waals surface area contributed by atoms with E-state index < -0.39 is 0 Å². The molecule has 1 aromatic carbocycles. The summed E-state index contributed by atoms with van der Waals surface area (Å²) in [6.07, 6.45) is 0.779. The average molecular weight is 263 g/mol. The lowest BCUT2D eigenvalue weighted by molar-refractivity contribution is -0.120. The minimum Gasteiger partial charge on any atom is -0.355 e. The normalized spacial score (nSPS) is 10.0. The molecule has 0 aliphatic heterocycles. The number of carbonyl (C=O) groups excluding carboxylic acids is 2. The Bertz CT molecular complexity index is 432. The van der Waals surface area contributed by atoms with E-state index in [2.05, 4.69) is 16.0 Å². The highest BCUT2D eigenvalue weighted by Gasteiger charge is 2.11. The van der Waals surface area contributed by atoms with Crippen LogP contribution in [0.5, 0.6) is 0 Å². The zero-order valence-electron chi connectivity index (χ0n) is 11.5. The summed E-state index contributed by atoms with van der Waals surface area (Å²) in [5, 5.41) is 8.32.